The van der Waals surface area contributed by atoms with Gasteiger partial charge in [-0.1, -0.05) is 12.1 Å². The van der Waals surface area contributed by atoms with Gasteiger partial charge in [-0.15, -0.1) is 0 Å². The number of piperazine rings is 1. The number of hydrogen-bond acceptors (Lipinski definition) is 9. The zero-order chi connectivity index (χ0) is 26.2. The lowest BCUT2D eigenvalue weighted by atomic mass is 10.1. The lowest BCUT2D eigenvalue weighted by Gasteiger charge is -2.40. The number of halogens is 1. The standard InChI is InChI=1S/C27H41FN6O3/c1-20-18-34(12-11-33(20)10-9-28)26-16-25(32(3)22-7-13-36-14-8-22)30-27(31-26)21-5-4-6-24(15-21)37-19-23(35)17-29-2/h4-6,15-16,20,22-23,29,35H,7-14,17-19H2,1-3H3. The molecular formula is C27H41FN6O3. The summed E-state index contributed by atoms with van der Waals surface area (Å²) in [4.78, 5) is 16.7. The molecular weight excluding hydrogens is 475 g/mol. The average Bonchev–Trinajstić information content (AvgIpc) is 2.93. The Kier molecular flexibility index (Phi) is 9.90. The van der Waals surface area contributed by atoms with E-state index in [1.165, 1.54) is 0 Å². The number of alkyl halides is 1. The Morgan fingerprint density at radius 1 is 1.24 bits per heavy atom. The maximum atomic E-state index is 13.0. The van der Waals surface area contributed by atoms with E-state index in [-0.39, 0.29) is 19.3 Å². The second-order valence-corrected chi connectivity index (χ2v) is 9.93. The normalized spacial score (nSPS) is 20.1. The van der Waals surface area contributed by atoms with E-state index < -0.39 is 6.10 Å². The van der Waals surface area contributed by atoms with Gasteiger partial charge in [-0.2, -0.15) is 0 Å². The Labute approximate surface area is 219 Å². The summed E-state index contributed by atoms with van der Waals surface area (Å²) in [5.41, 5.74) is 0.855. The van der Waals surface area contributed by atoms with Crippen LogP contribution in [0.5, 0.6) is 5.75 Å². The minimum Gasteiger partial charge on any atom is -0.491 e. The Morgan fingerprint density at radius 3 is 2.78 bits per heavy atom. The molecule has 2 saturated heterocycles. The highest BCUT2D eigenvalue weighted by atomic mass is 19.1. The van der Waals surface area contributed by atoms with Gasteiger partial charge < -0.3 is 29.7 Å². The van der Waals surface area contributed by atoms with E-state index in [0.717, 1.165) is 62.9 Å². The molecule has 1 aromatic carbocycles. The molecule has 2 aliphatic rings. The van der Waals surface area contributed by atoms with Gasteiger partial charge in [0.05, 0.1) is 0 Å². The van der Waals surface area contributed by atoms with Gasteiger partial charge in [-0.25, -0.2) is 14.4 Å². The molecule has 9 nitrogen and oxygen atoms in total. The Hall–Kier alpha value is -2.53. The number of nitrogens with one attached hydrogen (secondary N) is 1. The molecule has 2 fully saturated rings. The van der Waals surface area contributed by atoms with Crippen LogP contribution < -0.4 is 19.9 Å². The number of nitrogens with zero attached hydrogens (tertiary/aromatic N) is 5. The van der Waals surface area contributed by atoms with Crippen LogP contribution >= 0.6 is 0 Å². The van der Waals surface area contributed by atoms with E-state index >= 15 is 0 Å². The molecule has 2 aliphatic heterocycles. The summed E-state index contributed by atoms with van der Waals surface area (Å²) in [6.45, 7) is 6.82. The zero-order valence-corrected chi connectivity index (χ0v) is 22.3. The van der Waals surface area contributed by atoms with E-state index in [9.17, 15) is 9.50 Å². The van der Waals surface area contributed by atoms with Gasteiger partial charge in [0, 0.05) is 76.7 Å². The molecule has 3 heterocycles. The minimum atomic E-state index is -0.592. The van der Waals surface area contributed by atoms with Crippen LogP contribution in [-0.4, -0.2) is 111 Å². The number of aliphatic hydroxyl groups excluding tert-OH is 1. The van der Waals surface area contributed by atoms with Crippen molar-refractivity contribution in [1.29, 1.82) is 0 Å². The molecule has 0 spiro atoms. The van der Waals surface area contributed by atoms with Crippen molar-refractivity contribution in [1.82, 2.24) is 20.2 Å². The quantitative estimate of drug-likeness (QED) is 0.467. The van der Waals surface area contributed by atoms with Crippen molar-refractivity contribution in [3.05, 3.63) is 30.3 Å². The van der Waals surface area contributed by atoms with Crippen molar-refractivity contribution in [2.45, 2.75) is 38.0 Å². The second-order valence-electron chi connectivity index (χ2n) is 9.93. The van der Waals surface area contributed by atoms with Crippen molar-refractivity contribution >= 4 is 11.6 Å². The van der Waals surface area contributed by atoms with Crippen molar-refractivity contribution < 1.29 is 19.0 Å². The van der Waals surface area contributed by atoms with Gasteiger partial charge in [-0.3, -0.25) is 4.90 Å². The fraction of sp³-hybridized carbons (Fsp3) is 0.630. The van der Waals surface area contributed by atoms with Crippen LogP contribution in [0, 0.1) is 0 Å². The topological polar surface area (TPSA) is 86.2 Å². The highest BCUT2D eigenvalue weighted by molar-refractivity contribution is 5.64. The first-order chi connectivity index (χ1) is 18.0. The molecule has 37 heavy (non-hydrogen) atoms. The lowest BCUT2D eigenvalue weighted by molar-refractivity contribution is 0.0853. The summed E-state index contributed by atoms with van der Waals surface area (Å²) in [7, 11) is 3.89. The predicted molar refractivity (Wildman–Crippen MR) is 144 cm³/mol. The summed E-state index contributed by atoms with van der Waals surface area (Å²) in [5, 5.41) is 13.0. The van der Waals surface area contributed by atoms with Gasteiger partial charge in [0.15, 0.2) is 5.82 Å². The number of aromatic nitrogens is 2. The van der Waals surface area contributed by atoms with Gasteiger partial charge >= 0.3 is 0 Å². The summed E-state index contributed by atoms with van der Waals surface area (Å²) in [5.74, 6) is 3.05. The van der Waals surface area contributed by atoms with Gasteiger partial charge in [0.1, 0.15) is 36.8 Å². The monoisotopic (exact) mass is 516 g/mol. The Morgan fingerprint density at radius 2 is 2.05 bits per heavy atom. The Balaban J connectivity index is 1.62. The van der Waals surface area contributed by atoms with Gasteiger partial charge in [0.25, 0.3) is 0 Å². The first kappa shape index (κ1) is 27.5. The fourth-order valence-corrected chi connectivity index (χ4v) is 5.01. The smallest absolute Gasteiger partial charge is 0.163 e. The molecule has 2 atom stereocenters. The molecule has 0 amide bonds. The molecule has 0 radical (unpaired) electrons. The largest absolute Gasteiger partial charge is 0.491 e. The van der Waals surface area contributed by atoms with Crippen LogP contribution in [0.25, 0.3) is 11.4 Å². The maximum absolute atomic E-state index is 13.0. The summed E-state index contributed by atoms with van der Waals surface area (Å²) in [6.07, 6.45) is 1.33. The van der Waals surface area contributed by atoms with Gasteiger partial charge in [-0.05, 0) is 38.9 Å². The number of likely N-dealkylation sites (N-methyl/N-ethyl adjacent to an activating group) is 1. The predicted octanol–water partition coefficient (Wildman–Crippen LogP) is 2.20. The first-order valence-corrected chi connectivity index (χ1v) is 13.3. The molecule has 2 aromatic rings. The van der Waals surface area contributed by atoms with Crippen molar-refractivity contribution in [2.24, 2.45) is 0 Å². The SMILES string of the molecule is CNCC(O)COc1cccc(-c2nc(N3CCN(CCF)C(C)C3)cc(N(C)C3CCOCC3)n2)c1. The van der Waals surface area contributed by atoms with Crippen LogP contribution in [-0.2, 0) is 4.74 Å². The third kappa shape index (κ3) is 7.28. The molecule has 0 saturated carbocycles. The molecule has 204 valence electrons. The zero-order valence-electron chi connectivity index (χ0n) is 22.3. The van der Waals surface area contributed by atoms with E-state index in [1.807, 2.05) is 24.3 Å². The summed E-state index contributed by atoms with van der Waals surface area (Å²) in [6, 6.07) is 10.4. The van der Waals surface area contributed by atoms with Crippen molar-refractivity contribution in [3.8, 4) is 17.1 Å². The van der Waals surface area contributed by atoms with E-state index in [2.05, 4.69) is 40.1 Å². The average molecular weight is 517 g/mol. The van der Waals surface area contributed by atoms with Crippen LogP contribution in [0.4, 0.5) is 16.0 Å². The number of hydrogen-bond donors (Lipinski definition) is 2. The molecule has 0 bridgehead atoms. The van der Waals surface area contributed by atoms with Crippen LogP contribution in [0.3, 0.4) is 0 Å². The molecule has 0 aliphatic carbocycles. The molecule has 2 N–H and O–H groups in total. The Bertz CT molecular complexity index is 992. The number of rotatable bonds is 11. The van der Waals surface area contributed by atoms with Crippen LogP contribution in [0.15, 0.2) is 30.3 Å². The lowest BCUT2D eigenvalue weighted by Crippen LogP contribution is -2.52. The van der Waals surface area contributed by atoms with E-state index in [1.54, 1.807) is 7.05 Å². The van der Waals surface area contributed by atoms with Crippen molar-refractivity contribution in [3.63, 3.8) is 0 Å². The van der Waals surface area contributed by atoms with Gasteiger partial charge in [0.2, 0.25) is 0 Å². The molecule has 1 aromatic heterocycles. The second kappa shape index (κ2) is 13.3. The molecule has 10 heteroatoms. The van der Waals surface area contributed by atoms with Crippen LogP contribution in [0.2, 0.25) is 0 Å². The van der Waals surface area contributed by atoms with E-state index in [4.69, 9.17) is 19.4 Å². The minimum absolute atomic E-state index is 0.198. The first-order valence-electron chi connectivity index (χ1n) is 13.3. The number of aliphatic hydroxyl groups is 1. The number of ether oxygens (including phenoxy) is 2. The summed E-state index contributed by atoms with van der Waals surface area (Å²) < 4.78 is 24.4. The van der Waals surface area contributed by atoms with Crippen LogP contribution in [0.1, 0.15) is 19.8 Å². The number of anilines is 2. The maximum Gasteiger partial charge on any atom is 0.163 e. The number of benzene rings is 1. The van der Waals surface area contributed by atoms with E-state index in [0.29, 0.717) is 30.7 Å². The fourth-order valence-electron chi connectivity index (χ4n) is 5.01. The highest BCUT2D eigenvalue weighted by Crippen LogP contribution is 2.29. The summed E-state index contributed by atoms with van der Waals surface area (Å²) >= 11 is 0. The van der Waals surface area contributed by atoms with Crippen molar-refractivity contribution in [2.75, 3.05) is 83.1 Å². The highest BCUT2D eigenvalue weighted by Gasteiger charge is 2.27. The third-order valence-corrected chi connectivity index (χ3v) is 7.23. The molecule has 2 unspecified atom stereocenters. The third-order valence-electron chi connectivity index (χ3n) is 7.23. The molecule has 4 rings (SSSR count).